The van der Waals surface area contributed by atoms with Crippen molar-refractivity contribution in [2.75, 3.05) is 39.3 Å². The van der Waals surface area contributed by atoms with Crippen molar-refractivity contribution in [2.45, 2.75) is 26.7 Å². The number of likely N-dealkylation sites (N-methyl/N-ethyl adjacent to an activating group) is 1. The maximum atomic E-state index is 13.1. The molecule has 0 saturated carbocycles. The summed E-state index contributed by atoms with van der Waals surface area (Å²) < 4.78 is 0. The molecule has 0 aliphatic carbocycles. The van der Waals surface area contributed by atoms with Crippen LogP contribution in [0, 0.1) is 10.1 Å². The molecular formula is C20H26N4O4. The summed E-state index contributed by atoms with van der Waals surface area (Å²) in [5.41, 5.74) is 1.31. The van der Waals surface area contributed by atoms with Gasteiger partial charge in [0.25, 0.3) is 17.5 Å². The third-order valence-corrected chi connectivity index (χ3v) is 5.38. The second kappa shape index (κ2) is 8.52. The zero-order valence-corrected chi connectivity index (χ0v) is 16.4. The lowest BCUT2D eigenvalue weighted by Gasteiger charge is -2.36. The maximum Gasteiger partial charge on any atom is 0.277 e. The number of benzene rings is 1. The number of carbonyl (C=O) groups is 2. The number of unbranched alkanes of at least 4 members (excludes halogenated alkanes) is 1. The first kappa shape index (κ1) is 20.0. The van der Waals surface area contributed by atoms with E-state index in [1.54, 1.807) is 12.1 Å². The number of non-ortho nitro benzene ring substituents is 1. The fraction of sp³-hybridized carbons (Fsp3) is 0.500. The molecule has 0 bridgehead atoms. The summed E-state index contributed by atoms with van der Waals surface area (Å²) in [5, 5.41) is 10.9. The highest BCUT2D eigenvalue weighted by molar-refractivity contribution is 6.35. The molecule has 2 aliphatic heterocycles. The van der Waals surface area contributed by atoms with Crippen molar-refractivity contribution in [3.8, 4) is 0 Å². The Hall–Kier alpha value is -2.74. The van der Waals surface area contributed by atoms with E-state index in [-0.39, 0.29) is 17.5 Å². The summed E-state index contributed by atoms with van der Waals surface area (Å²) in [6.45, 7) is 8.50. The van der Waals surface area contributed by atoms with Crippen LogP contribution >= 0.6 is 0 Å². The molecule has 0 N–H and O–H groups in total. The molecule has 1 saturated heterocycles. The van der Waals surface area contributed by atoms with Crippen LogP contribution in [0.5, 0.6) is 0 Å². The minimum atomic E-state index is -0.474. The van der Waals surface area contributed by atoms with Crippen molar-refractivity contribution >= 4 is 23.1 Å². The average Bonchev–Trinajstić information content (AvgIpc) is 2.96. The molecule has 1 aromatic carbocycles. The Morgan fingerprint density at radius 1 is 1.00 bits per heavy atom. The van der Waals surface area contributed by atoms with Crippen molar-refractivity contribution in [1.82, 2.24) is 14.7 Å². The van der Waals surface area contributed by atoms with E-state index in [9.17, 15) is 19.7 Å². The van der Waals surface area contributed by atoms with Gasteiger partial charge in [0.1, 0.15) is 5.70 Å². The predicted molar refractivity (Wildman–Crippen MR) is 105 cm³/mol. The lowest BCUT2D eigenvalue weighted by molar-refractivity contribution is -0.384. The van der Waals surface area contributed by atoms with Crippen LogP contribution in [0.4, 0.5) is 5.69 Å². The van der Waals surface area contributed by atoms with Gasteiger partial charge in [-0.3, -0.25) is 24.6 Å². The third-order valence-electron chi connectivity index (χ3n) is 5.38. The second-order valence-electron chi connectivity index (χ2n) is 7.06. The van der Waals surface area contributed by atoms with Crippen LogP contribution in [-0.2, 0) is 9.59 Å². The van der Waals surface area contributed by atoms with Gasteiger partial charge in [-0.15, -0.1) is 0 Å². The van der Waals surface area contributed by atoms with Crippen molar-refractivity contribution < 1.29 is 14.5 Å². The molecule has 0 unspecified atom stereocenters. The van der Waals surface area contributed by atoms with Crippen molar-refractivity contribution in [1.29, 1.82) is 0 Å². The van der Waals surface area contributed by atoms with E-state index >= 15 is 0 Å². The summed E-state index contributed by atoms with van der Waals surface area (Å²) in [7, 11) is 0. The third kappa shape index (κ3) is 3.77. The van der Waals surface area contributed by atoms with E-state index < -0.39 is 4.92 Å². The Kier molecular flexibility index (Phi) is 6.08. The molecule has 8 heteroatoms. The average molecular weight is 386 g/mol. The smallest absolute Gasteiger partial charge is 0.277 e. The van der Waals surface area contributed by atoms with Gasteiger partial charge in [0.15, 0.2) is 0 Å². The van der Waals surface area contributed by atoms with Crippen LogP contribution in [0.3, 0.4) is 0 Å². The number of hydrogen-bond donors (Lipinski definition) is 0. The van der Waals surface area contributed by atoms with Crippen LogP contribution in [-0.4, -0.2) is 70.7 Å². The molecule has 2 amide bonds. The van der Waals surface area contributed by atoms with Crippen LogP contribution in [0.2, 0.25) is 0 Å². The lowest BCUT2D eigenvalue weighted by Crippen LogP contribution is -2.47. The Morgan fingerprint density at radius 2 is 1.64 bits per heavy atom. The monoisotopic (exact) mass is 386 g/mol. The molecule has 8 nitrogen and oxygen atoms in total. The number of nitrogens with zero attached hydrogens (tertiary/aromatic N) is 4. The Balaban J connectivity index is 1.98. The summed E-state index contributed by atoms with van der Waals surface area (Å²) in [6, 6.07) is 5.87. The minimum Gasteiger partial charge on any atom is -0.364 e. The van der Waals surface area contributed by atoms with Gasteiger partial charge in [0.2, 0.25) is 0 Å². The lowest BCUT2D eigenvalue weighted by atomic mass is 10.0. The number of hydrogen-bond acceptors (Lipinski definition) is 6. The van der Waals surface area contributed by atoms with Gasteiger partial charge >= 0.3 is 0 Å². The largest absolute Gasteiger partial charge is 0.364 e. The highest BCUT2D eigenvalue weighted by Gasteiger charge is 2.41. The Morgan fingerprint density at radius 3 is 2.18 bits per heavy atom. The van der Waals surface area contributed by atoms with Crippen molar-refractivity contribution in [3.05, 3.63) is 45.6 Å². The number of rotatable bonds is 7. The number of nitro groups is 1. The van der Waals surface area contributed by atoms with E-state index in [1.807, 2.05) is 11.8 Å². The molecule has 0 atom stereocenters. The zero-order chi connectivity index (χ0) is 20.3. The molecule has 0 aromatic heterocycles. The van der Waals surface area contributed by atoms with Gasteiger partial charge in [-0.05, 0) is 30.7 Å². The molecule has 2 heterocycles. The Bertz CT molecular complexity index is 795. The number of imide groups is 1. The highest BCUT2D eigenvalue weighted by atomic mass is 16.6. The number of amides is 2. The van der Waals surface area contributed by atoms with Gasteiger partial charge in [0, 0.05) is 44.9 Å². The van der Waals surface area contributed by atoms with E-state index in [0.29, 0.717) is 36.5 Å². The maximum absolute atomic E-state index is 13.1. The number of nitro benzene ring substituents is 1. The first-order valence-electron chi connectivity index (χ1n) is 9.80. The number of carbonyl (C=O) groups excluding carboxylic acids is 2. The second-order valence-corrected chi connectivity index (χ2v) is 7.06. The summed E-state index contributed by atoms with van der Waals surface area (Å²) in [5.74, 6) is -0.558. The molecule has 150 valence electrons. The molecule has 3 rings (SSSR count). The van der Waals surface area contributed by atoms with E-state index in [1.165, 1.54) is 17.0 Å². The van der Waals surface area contributed by atoms with Gasteiger partial charge in [-0.2, -0.15) is 0 Å². The summed E-state index contributed by atoms with van der Waals surface area (Å²) in [6.07, 6.45) is 1.64. The van der Waals surface area contributed by atoms with E-state index in [2.05, 4.69) is 11.8 Å². The predicted octanol–water partition coefficient (Wildman–Crippen LogP) is 2.11. The zero-order valence-electron chi connectivity index (χ0n) is 16.4. The molecule has 28 heavy (non-hydrogen) atoms. The molecule has 0 spiro atoms. The van der Waals surface area contributed by atoms with Gasteiger partial charge in [-0.1, -0.05) is 20.3 Å². The highest BCUT2D eigenvalue weighted by Crippen LogP contribution is 2.33. The van der Waals surface area contributed by atoms with Gasteiger partial charge in [-0.25, -0.2) is 0 Å². The normalized spacial score (nSPS) is 18.4. The molecule has 0 radical (unpaired) electrons. The van der Waals surface area contributed by atoms with Gasteiger partial charge in [0.05, 0.1) is 10.5 Å². The van der Waals surface area contributed by atoms with Crippen LogP contribution < -0.4 is 0 Å². The summed E-state index contributed by atoms with van der Waals surface area (Å²) >= 11 is 0. The Labute approximate surface area is 164 Å². The first-order chi connectivity index (χ1) is 13.5. The first-order valence-corrected chi connectivity index (χ1v) is 9.80. The van der Waals surface area contributed by atoms with Crippen LogP contribution in [0.1, 0.15) is 32.3 Å². The molecular weight excluding hydrogens is 360 g/mol. The standard InChI is InChI=1S/C20H26N4O4/c1-3-5-10-23-19(25)17(15-6-8-16(9-7-15)24(27)28)18(20(23)26)22-13-11-21(4-2)12-14-22/h6-9H,3-5,10-14H2,1-2H3. The molecule has 2 aliphatic rings. The van der Waals surface area contributed by atoms with Crippen LogP contribution in [0.25, 0.3) is 5.57 Å². The van der Waals surface area contributed by atoms with Crippen molar-refractivity contribution in [3.63, 3.8) is 0 Å². The van der Waals surface area contributed by atoms with Crippen LogP contribution in [0.15, 0.2) is 30.0 Å². The van der Waals surface area contributed by atoms with E-state index in [4.69, 9.17) is 0 Å². The fourth-order valence-corrected chi connectivity index (χ4v) is 3.67. The van der Waals surface area contributed by atoms with E-state index in [0.717, 1.165) is 32.5 Å². The van der Waals surface area contributed by atoms with Gasteiger partial charge < -0.3 is 9.80 Å². The fourth-order valence-electron chi connectivity index (χ4n) is 3.67. The molecule has 1 fully saturated rings. The minimum absolute atomic E-state index is 0.0397. The molecule has 1 aromatic rings. The van der Waals surface area contributed by atoms with Crippen molar-refractivity contribution in [2.24, 2.45) is 0 Å². The SMILES string of the molecule is CCCCN1C(=O)C(c2ccc([N+](=O)[O-])cc2)=C(N2CCN(CC)CC2)C1=O. The number of piperazine rings is 1. The summed E-state index contributed by atoms with van der Waals surface area (Å²) in [4.78, 5) is 42.3. The topological polar surface area (TPSA) is 87.0 Å². The quantitative estimate of drug-likeness (QED) is 0.405.